The highest BCUT2D eigenvalue weighted by atomic mass is 32.2. The van der Waals surface area contributed by atoms with Crippen LogP contribution < -0.4 is 10.5 Å². The van der Waals surface area contributed by atoms with Gasteiger partial charge in [0.1, 0.15) is 11.7 Å². The standard InChI is InChI=1S/C11H16FN3O3S/c1-8-7-9(12)4-5-10(8)19(17,18)14-6-2-3-11(13)15-16/h4-5,7,14,16H,2-3,6H2,1H3,(H2,13,15). The van der Waals surface area contributed by atoms with Crippen molar-refractivity contribution in [3.63, 3.8) is 0 Å². The van der Waals surface area contributed by atoms with Crippen molar-refractivity contribution >= 4 is 15.9 Å². The molecule has 1 rings (SSSR count). The molecule has 0 amide bonds. The van der Waals surface area contributed by atoms with Crippen LogP contribution in [0.5, 0.6) is 0 Å². The van der Waals surface area contributed by atoms with E-state index < -0.39 is 15.8 Å². The molecule has 106 valence electrons. The number of rotatable bonds is 6. The van der Waals surface area contributed by atoms with Crippen molar-refractivity contribution in [2.75, 3.05) is 6.54 Å². The van der Waals surface area contributed by atoms with Crippen molar-refractivity contribution in [2.24, 2.45) is 10.9 Å². The Bertz CT molecular complexity index is 573. The summed E-state index contributed by atoms with van der Waals surface area (Å²) in [5, 5.41) is 11.1. The number of amidine groups is 1. The molecule has 0 radical (unpaired) electrons. The summed E-state index contributed by atoms with van der Waals surface area (Å²) in [6.45, 7) is 1.67. The number of hydrogen-bond acceptors (Lipinski definition) is 4. The minimum Gasteiger partial charge on any atom is -0.409 e. The van der Waals surface area contributed by atoms with Crippen LogP contribution in [0.3, 0.4) is 0 Å². The fourth-order valence-electron chi connectivity index (χ4n) is 1.52. The largest absolute Gasteiger partial charge is 0.409 e. The van der Waals surface area contributed by atoms with Crippen LogP contribution >= 0.6 is 0 Å². The van der Waals surface area contributed by atoms with Gasteiger partial charge in [0.25, 0.3) is 0 Å². The summed E-state index contributed by atoms with van der Waals surface area (Å²) < 4.78 is 39.1. The monoisotopic (exact) mass is 289 g/mol. The van der Waals surface area contributed by atoms with Crippen LogP contribution in [0.1, 0.15) is 18.4 Å². The number of nitrogens with one attached hydrogen (secondary N) is 1. The number of halogens is 1. The molecule has 0 aliphatic carbocycles. The van der Waals surface area contributed by atoms with E-state index in [9.17, 15) is 12.8 Å². The molecule has 0 aliphatic heterocycles. The molecule has 0 heterocycles. The lowest BCUT2D eigenvalue weighted by Crippen LogP contribution is -2.26. The molecule has 0 aliphatic rings. The molecule has 0 atom stereocenters. The van der Waals surface area contributed by atoms with Crippen molar-refractivity contribution in [3.05, 3.63) is 29.6 Å². The van der Waals surface area contributed by atoms with E-state index in [1.165, 1.54) is 13.0 Å². The van der Waals surface area contributed by atoms with E-state index in [0.29, 0.717) is 12.0 Å². The molecule has 8 heteroatoms. The smallest absolute Gasteiger partial charge is 0.240 e. The van der Waals surface area contributed by atoms with Crippen LogP contribution in [-0.4, -0.2) is 26.0 Å². The van der Waals surface area contributed by atoms with Crippen molar-refractivity contribution < 1.29 is 18.0 Å². The van der Waals surface area contributed by atoms with Gasteiger partial charge in [-0.1, -0.05) is 5.16 Å². The molecule has 0 fully saturated rings. The third-order valence-electron chi connectivity index (χ3n) is 2.46. The van der Waals surface area contributed by atoms with Gasteiger partial charge in [0, 0.05) is 13.0 Å². The summed E-state index contributed by atoms with van der Waals surface area (Å²) in [4.78, 5) is 0.0395. The molecule has 4 N–H and O–H groups in total. The number of oxime groups is 1. The van der Waals surface area contributed by atoms with E-state index in [4.69, 9.17) is 10.9 Å². The molecule has 1 aromatic carbocycles. The highest BCUT2D eigenvalue weighted by Gasteiger charge is 2.16. The van der Waals surface area contributed by atoms with Crippen molar-refractivity contribution in [3.8, 4) is 0 Å². The van der Waals surface area contributed by atoms with Crippen LogP contribution in [0, 0.1) is 12.7 Å². The first-order valence-corrected chi connectivity index (χ1v) is 7.07. The quantitative estimate of drug-likeness (QED) is 0.238. The van der Waals surface area contributed by atoms with Crippen molar-refractivity contribution in [1.82, 2.24) is 4.72 Å². The zero-order chi connectivity index (χ0) is 14.5. The Balaban J connectivity index is 2.66. The molecule has 0 saturated heterocycles. The number of benzene rings is 1. The fraction of sp³-hybridized carbons (Fsp3) is 0.364. The normalized spacial score (nSPS) is 12.6. The van der Waals surface area contributed by atoms with Crippen LogP contribution in [0.15, 0.2) is 28.3 Å². The van der Waals surface area contributed by atoms with Gasteiger partial charge in [-0.2, -0.15) is 0 Å². The highest BCUT2D eigenvalue weighted by Crippen LogP contribution is 2.15. The maximum atomic E-state index is 12.9. The summed E-state index contributed by atoms with van der Waals surface area (Å²) in [5.74, 6) is -0.444. The van der Waals surface area contributed by atoms with Crippen molar-refractivity contribution in [2.45, 2.75) is 24.7 Å². The molecule has 0 saturated carbocycles. The number of sulfonamides is 1. The maximum Gasteiger partial charge on any atom is 0.240 e. The Morgan fingerprint density at radius 2 is 2.21 bits per heavy atom. The van der Waals surface area contributed by atoms with Gasteiger partial charge < -0.3 is 10.9 Å². The van der Waals surface area contributed by atoms with Crippen LogP contribution in [0.2, 0.25) is 0 Å². The zero-order valence-corrected chi connectivity index (χ0v) is 11.2. The molecule has 19 heavy (non-hydrogen) atoms. The van der Waals surface area contributed by atoms with Gasteiger partial charge in [0.2, 0.25) is 10.0 Å². The predicted octanol–water partition coefficient (Wildman–Crippen LogP) is 0.939. The SMILES string of the molecule is Cc1cc(F)ccc1S(=O)(=O)NCCC/C(N)=N/O. The van der Waals surface area contributed by atoms with E-state index in [1.807, 2.05) is 0 Å². The second-order valence-corrected chi connectivity index (χ2v) is 5.74. The third kappa shape index (κ3) is 4.49. The Kier molecular flexibility index (Phi) is 5.25. The summed E-state index contributed by atoms with van der Waals surface area (Å²) in [7, 11) is -3.67. The van der Waals surface area contributed by atoms with Gasteiger partial charge in [-0.25, -0.2) is 17.5 Å². The van der Waals surface area contributed by atoms with Crippen LogP contribution in [0.4, 0.5) is 4.39 Å². The van der Waals surface area contributed by atoms with Gasteiger partial charge in [-0.15, -0.1) is 0 Å². The molecule has 6 nitrogen and oxygen atoms in total. The third-order valence-corrected chi connectivity index (χ3v) is 4.08. The maximum absolute atomic E-state index is 12.9. The summed E-state index contributed by atoms with van der Waals surface area (Å²) >= 11 is 0. The van der Waals surface area contributed by atoms with Gasteiger partial charge >= 0.3 is 0 Å². The average molecular weight is 289 g/mol. The zero-order valence-electron chi connectivity index (χ0n) is 10.4. The van der Waals surface area contributed by atoms with E-state index in [1.54, 1.807) is 0 Å². The Morgan fingerprint density at radius 1 is 1.53 bits per heavy atom. The summed E-state index contributed by atoms with van der Waals surface area (Å²) in [5.41, 5.74) is 5.59. The van der Waals surface area contributed by atoms with Gasteiger partial charge in [-0.3, -0.25) is 0 Å². The Morgan fingerprint density at radius 3 is 2.79 bits per heavy atom. The number of nitrogens with zero attached hydrogens (tertiary/aromatic N) is 1. The van der Waals surface area contributed by atoms with Crippen LogP contribution in [0.25, 0.3) is 0 Å². The van der Waals surface area contributed by atoms with E-state index in [2.05, 4.69) is 9.88 Å². The average Bonchev–Trinajstić information content (AvgIpc) is 2.33. The Labute approximate surface area is 111 Å². The van der Waals surface area contributed by atoms with E-state index in [0.717, 1.165) is 12.1 Å². The van der Waals surface area contributed by atoms with Crippen molar-refractivity contribution in [1.29, 1.82) is 0 Å². The summed E-state index contributed by atoms with van der Waals surface area (Å²) in [6.07, 6.45) is 0.677. The molecular weight excluding hydrogens is 273 g/mol. The van der Waals surface area contributed by atoms with E-state index in [-0.39, 0.29) is 23.7 Å². The Hall–Kier alpha value is -1.67. The number of aryl methyl sites for hydroxylation is 1. The van der Waals surface area contributed by atoms with E-state index >= 15 is 0 Å². The minimum absolute atomic E-state index is 0.0390. The van der Waals surface area contributed by atoms with Gasteiger partial charge in [-0.05, 0) is 37.1 Å². The predicted molar refractivity (Wildman–Crippen MR) is 69.0 cm³/mol. The minimum atomic E-state index is -3.67. The number of nitrogens with two attached hydrogens (primary N) is 1. The van der Waals surface area contributed by atoms with Gasteiger partial charge in [0.05, 0.1) is 4.90 Å². The first-order valence-electron chi connectivity index (χ1n) is 5.59. The molecule has 0 spiro atoms. The highest BCUT2D eigenvalue weighted by molar-refractivity contribution is 7.89. The second kappa shape index (κ2) is 6.48. The second-order valence-electron chi connectivity index (χ2n) is 4.00. The first-order chi connectivity index (χ1) is 8.86. The lowest BCUT2D eigenvalue weighted by Gasteiger charge is -2.09. The summed E-state index contributed by atoms with van der Waals surface area (Å²) in [6, 6.07) is 3.47. The van der Waals surface area contributed by atoms with Gasteiger partial charge in [0.15, 0.2) is 0 Å². The topological polar surface area (TPSA) is 105 Å². The molecule has 0 aromatic heterocycles. The molecule has 0 unspecified atom stereocenters. The lowest BCUT2D eigenvalue weighted by molar-refractivity contribution is 0.316. The van der Waals surface area contributed by atoms with Crippen LogP contribution in [-0.2, 0) is 10.0 Å². The first kappa shape index (κ1) is 15.4. The lowest BCUT2D eigenvalue weighted by atomic mass is 10.2. The molecule has 0 bridgehead atoms. The number of hydrogen-bond donors (Lipinski definition) is 3. The molecule has 1 aromatic rings. The fourth-order valence-corrected chi connectivity index (χ4v) is 2.82. The molecular formula is C11H16FN3O3S.